The van der Waals surface area contributed by atoms with Crippen molar-refractivity contribution in [3.05, 3.63) is 58.8 Å². The van der Waals surface area contributed by atoms with E-state index in [1.165, 1.54) is 17.2 Å². The minimum Gasteiger partial charge on any atom is -0.364 e. The quantitative estimate of drug-likeness (QED) is 0.615. The van der Waals surface area contributed by atoms with E-state index in [0.29, 0.717) is 17.9 Å². The summed E-state index contributed by atoms with van der Waals surface area (Å²) in [4.78, 5) is 25.0. The van der Waals surface area contributed by atoms with E-state index in [2.05, 4.69) is 25.5 Å². The van der Waals surface area contributed by atoms with Crippen LogP contribution in [0.1, 0.15) is 34.6 Å². The second kappa shape index (κ2) is 7.98. The van der Waals surface area contributed by atoms with Crippen LogP contribution in [0.2, 0.25) is 5.02 Å². The number of carbonyl (C=O) groups excluding carboxylic acids is 1. The van der Waals surface area contributed by atoms with Gasteiger partial charge in [0.1, 0.15) is 11.5 Å². The molecule has 2 aliphatic rings. The summed E-state index contributed by atoms with van der Waals surface area (Å²) in [5, 5.41) is 11.3. The highest BCUT2D eigenvalue weighted by molar-refractivity contribution is 6.33. The lowest BCUT2D eigenvalue weighted by atomic mass is 10.0. The molecule has 2 bridgehead atoms. The number of piperidine rings is 1. The maximum atomic E-state index is 13.5. The van der Waals surface area contributed by atoms with Crippen molar-refractivity contribution in [2.45, 2.75) is 38.0 Å². The van der Waals surface area contributed by atoms with Gasteiger partial charge in [-0.15, -0.1) is 4.80 Å². The zero-order chi connectivity index (χ0) is 23.3. The van der Waals surface area contributed by atoms with E-state index in [9.17, 15) is 18.0 Å². The molecule has 1 saturated carbocycles. The van der Waals surface area contributed by atoms with Crippen molar-refractivity contribution in [2.75, 3.05) is 11.9 Å². The summed E-state index contributed by atoms with van der Waals surface area (Å²) in [6.07, 6.45) is 0.821. The third kappa shape index (κ3) is 4.01. The predicted molar refractivity (Wildman–Crippen MR) is 113 cm³/mol. The largest absolute Gasteiger partial charge is 0.417 e. The van der Waals surface area contributed by atoms with Gasteiger partial charge in [-0.25, -0.2) is 9.97 Å². The monoisotopic (exact) mass is 477 g/mol. The van der Waals surface area contributed by atoms with Crippen molar-refractivity contribution in [1.29, 1.82) is 0 Å². The Balaban J connectivity index is 1.39. The Hall–Kier alpha value is -3.21. The van der Waals surface area contributed by atoms with Crippen molar-refractivity contribution in [1.82, 2.24) is 29.9 Å². The van der Waals surface area contributed by atoms with Crippen LogP contribution >= 0.6 is 11.6 Å². The van der Waals surface area contributed by atoms with Crippen molar-refractivity contribution in [2.24, 2.45) is 5.92 Å². The highest BCUT2D eigenvalue weighted by Crippen LogP contribution is 2.41. The normalized spacial score (nSPS) is 22.1. The van der Waals surface area contributed by atoms with Crippen molar-refractivity contribution < 1.29 is 18.0 Å². The lowest BCUT2D eigenvalue weighted by molar-refractivity contribution is -0.137. The number of halogens is 4. The first kappa shape index (κ1) is 21.6. The number of rotatable bonds is 4. The number of amides is 1. The van der Waals surface area contributed by atoms with Gasteiger partial charge in [0.2, 0.25) is 0 Å². The fourth-order valence-electron chi connectivity index (χ4n) is 4.63. The number of nitrogens with one attached hydrogen (secondary N) is 1. The number of hydrogen-bond donors (Lipinski definition) is 1. The Bertz CT molecular complexity index is 1200. The molecule has 1 N–H and O–H groups in total. The minimum absolute atomic E-state index is 0.113. The number of likely N-dealkylation sites (tertiary alicyclic amines) is 1. The number of anilines is 1. The molecule has 1 aliphatic carbocycles. The molecule has 172 valence electrons. The summed E-state index contributed by atoms with van der Waals surface area (Å²) in [7, 11) is 0. The Morgan fingerprint density at radius 2 is 1.97 bits per heavy atom. The number of hydrogen-bond acceptors (Lipinski definition) is 6. The summed E-state index contributed by atoms with van der Waals surface area (Å²) < 4.78 is 38.7. The molecule has 4 heterocycles. The smallest absolute Gasteiger partial charge is 0.364 e. The van der Waals surface area contributed by atoms with Crippen LogP contribution in [-0.2, 0) is 6.18 Å². The third-order valence-electron chi connectivity index (χ3n) is 6.08. The second-order valence-electron chi connectivity index (χ2n) is 8.30. The standard InChI is InChI=1S/C21H19ClF3N7O/c1-11-2-3-16(32-27-4-5-28-32)18(29-11)20(33)31-10-12-6-15(17(31)7-12)30-19-14(22)8-13(9-26-19)21(23,24)25/h2-5,8-9,12,15,17H,6-7,10H2,1H3,(H,26,30). The van der Waals surface area contributed by atoms with Gasteiger partial charge < -0.3 is 10.2 Å². The Labute approximate surface area is 191 Å². The number of alkyl halides is 3. The SMILES string of the molecule is Cc1ccc(-n2nccn2)c(C(=O)N2CC3CC(Nc4ncc(C(F)(F)F)cc4Cl)C2C3)n1. The van der Waals surface area contributed by atoms with Crippen LogP contribution in [0.25, 0.3) is 5.69 Å². The maximum absolute atomic E-state index is 13.5. The Morgan fingerprint density at radius 3 is 2.64 bits per heavy atom. The number of pyridine rings is 2. The summed E-state index contributed by atoms with van der Waals surface area (Å²) in [6, 6.07) is 4.04. The summed E-state index contributed by atoms with van der Waals surface area (Å²) in [6.45, 7) is 2.38. The molecule has 0 aromatic carbocycles. The minimum atomic E-state index is -4.52. The Morgan fingerprint density at radius 1 is 1.21 bits per heavy atom. The maximum Gasteiger partial charge on any atom is 0.417 e. The van der Waals surface area contributed by atoms with Gasteiger partial charge in [0.25, 0.3) is 5.91 Å². The average molecular weight is 478 g/mol. The number of fused-ring (bicyclic) bond motifs is 2. The van der Waals surface area contributed by atoms with Crippen LogP contribution in [0.15, 0.2) is 36.8 Å². The molecule has 1 aliphatic heterocycles. The van der Waals surface area contributed by atoms with E-state index in [1.54, 1.807) is 24.0 Å². The highest BCUT2D eigenvalue weighted by Gasteiger charge is 2.48. The highest BCUT2D eigenvalue weighted by atomic mass is 35.5. The number of nitrogens with zero attached hydrogens (tertiary/aromatic N) is 6. The van der Waals surface area contributed by atoms with E-state index < -0.39 is 11.7 Å². The lowest BCUT2D eigenvalue weighted by Gasteiger charge is -2.34. The van der Waals surface area contributed by atoms with Gasteiger partial charge in [-0.3, -0.25) is 4.79 Å². The zero-order valence-corrected chi connectivity index (χ0v) is 18.2. The molecular formula is C21H19ClF3N7O. The fraction of sp³-hybridized carbons (Fsp3) is 0.381. The van der Waals surface area contributed by atoms with Crippen molar-refractivity contribution in [3.63, 3.8) is 0 Å². The molecule has 3 aromatic rings. The summed E-state index contributed by atoms with van der Waals surface area (Å²) in [5.74, 6) is 0.196. The lowest BCUT2D eigenvalue weighted by Crippen LogP contribution is -2.48. The van der Waals surface area contributed by atoms with Gasteiger partial charge in [0.05, 0.1) is 29.0 Å². The molecule has 12 heteroatoms. The van der Waals surface area contributed by atoms with Crippen molar-refractivity contribution in [3.8, 4) is 5.69 Å². The predicted octanol–water partition coefficient (Wildman–Crippen LogP) is 3.75. The van der Waals surface area contributed by atoms with Gasteiger partial charge in [-0.05, 0) is 43.9 Å². The number of aromatic nitrogens is 5. The fourth-order valence-corrected chi connectivity index (χ4v) is 4.85. The second-order valence-corrected chi connectivity index (χ2v) is 8.71. The molecule has 3 atom stereocenters. The molecule has 1 amide bonds. The van der Waals surface area contributed by atoms with Gasteiger partial charge in [0, 0.05) is 24.5 Å². The van der Waals surface area contributed by atoms with E-state index in [4.69, 9.17) is 11.6 Å². The first-order valence-electron chi connectivity index (χ1n) is 10.4. The van der Waals surface area contributed by atoms with Crippen LogP contribution in [0, 0.1) is 12.8 Å². The molecule has 5 rings (SSSR count). The van der Waals surface area contributed by atoms with Crippen LogP contribution in [0.5, 0.6) is 0 Å². The summed E-state index contributed by atoms with van der Waals surface area (Å²) >= 11 is 6.07. The first-order valence-corrected chi connectivity index (χ1v) is 10.7. The molecule has 3 aromatic heterocycles. The summed E-state index contributed by atoms with van der Waals surface area (Å²) in [5.41, 5.74) is 0.514. The molecule has 8 nitrogen and oxygen atoms in total. The molecule has 33 heavy (non-hydrogen) atoms. The molecule has 0 radical (unpaired) electrons. The molecular weight excluding hydrogens is 459 g/mol. The number of carbonyl (C=O) groups is 1. The van der Waals surface area contributed by atoms with Gasteiger partial charge in [0.15, 0.2) is 5.69 Å². The average Bonchev–Trinajstić information content (AvgIpc) is 3.51. The van der Waals surface area contributed by atoms with E-state index in [0.717, 1.165) is 25.1 Å². The molecule has 1 saturated heterocycles. The van der Waals surface area contributed by atoms with Crippen LogP contribution in [-0.4, -0.2) is 54.4 Å². The first-order chi connectivity index (χ1) is 15.7. The van der Waals surface area contributed by atoms with Crippen molar-refractivity contribution >= 4 is 23.3 Å². The van der Waals surface area contributed by atoms with Crippen LogP contribution in [0.3, 0.4) is 0 Å². The van der Waals surface area contributed by atoms with Gasteiger partial charge in [-0.1, -0.05) is 11.6 Å². The molecule has 2 fully saturated rings. The van der Waals surface area contributed by atoms with Gasteiger partial charge >= 0.3 is 6.18 Å². The number of aryl methyl sites for hydroxylation is 1. The Kier molecular flexibility index (Phi) is 5.23. The van der Waals surface area contributed by atoms with Crippen LogP contribution in [0.4, 0.5) is 19.0 Å². The van der Waals surface area contributed by atoms with E-state index in [-0.39, 0.29) is 40.4 Å². The molecule has 0 spiro atoms. The third-order valence-corrected chi connectivity index (χ3v) is 6.37. The van der Waals surface area contributed by atoms with Crippen LogP contribution < -0.4 is 5.32 Å². The molecule has 3 unspecified atom stereocenters. The van der Waals surface area contributed by atoms with Gasteiger partial charge in [-0.2, -0.15) is 23.4 Å². The topological polar surface area (TPSA) is 88.8 Å². The van der Waals surface area contributed by atoms with E-state index in [1.807, 2.05) is 0 Å². The van der Waals surface area contributed by atoms with E-state index >= 15 is 0 Å². The zero-order valence-electron chi connectivity index (χ0n) is 17.4.